The Balaban J connectivity index is 2.31. The number of carboxylic acids is 1. The van der Waals surface area contributed by atoms with Crippen molar-refractivity contribution in [3.05, 3.63) is 23.3 Å². The fourth-order valence-electron chi connectivity index (χ4n) is 2.11. The minimum Gasteiger partial charge on any atom is -0.491 e. The van der Waals surface area contributed by atoms with Crippen LogP contribution in [0.15, 0.2) is 12.1 Å². The fourth-order valence-corrected chi connectivity index (χ4v) is 2.11. The van der Waals surface area contributed by atoms with Gasteiger partial charge in [0.15, 0.2) is 0 Å². The molecule has 21 heavy (non-hydrogen) atoms. The molecule has 6 heteroatoms. The Bertz CT molecular complexity index is 574. The zero-order valence-corrected chi connectivity index (χ0v) is 12.4. The van der Waals surface area contributed by atoms with E-state index < -0.39 is 17.7 Å². The molecule has 1 heterocycles. The highest BCUT2D eigenvalue weighted by atomic mass is 16.6. The van der Waals surface area contributed by atoms with Crippen LogP contribution in [0.4, 0.5) is 10.5 Å². The van der Waals surface area contributed by atoms with Crippen molar-refractivity contribution in [3.63, 3.8) is 0 Å². The molecule has 0 fully saturated rings. The zero-order chi connectivity index (χ0) is 15.6. The minimum atomic E-state index is -1.05. The van der Waals surface area contributed by atoms with Crippen LogP contribution in [0.2, 0.25) is 0 Å². The zero-order valence-electron chi connectivity index (χ0n) is 12.4. The largest absolute Gasteiger partial charge is 0.491 e. The minimum absolute atomic E-state index is 0.116. The van der Waals surface area contributed by atoms with Crippen molar-refractivity contribution in [2.75, 3.05) is 11.9 Å². The van der Waals surface area contributed by atoms with Crippen molar-refractivity contribution < 1.29 is 24.2 Å². The highest BCUT2D eigenvalue weighted by Gasteiger charge is 2.22. The maximum atomic E-state index is 11.9. The van der Waals surface area contributed by atoms with Gasteiger partial charge < -0.3 is 14.6 Å². The van der Waals surface area contributed by atoms with E-state index in [-0.39, 0.29) is 5.56 Å². The number of hydrogen-bond donors (Lipinski definition) is 2. The van der Waals surface area contributed by atoms with Gasteiger partial charge in [0, 0.05) is 0 Å². The number of carbonyl (C=O) groups excluding carboxylic acids is 1. The van der Waals surface area contributed by atoms with E-state index in [0.717, 1.165) is 18.4 Å². The van der Waals surface area contributed by atoms with Crippen molar-refractivity contribution in [3.8, 4) is 5.75 Å². The van der Waals surface area contributed by atoms with Gasteiger partial charge in [-0.05, 0) is 51.3 Å². The average molecular weight is 293 g/mol. The molecule has 114 valence electrons. The van der Waals surface area contributed by atoms with Crippen molar-refractivity contribution >= 4 is 17.7 Å². The number of nitrogens with one attached hydrogen (secondary N) is 1. The molecule has 0 aliphatic carbocycles. The first-order valence-electron chi connectivity index (χ1n) is 6.79. The lowest BCUT2D eigenvalue weighted by atomic mass is 10.0. The molecule has 0 radical (unpaired) electrons. The molecule has 1 aliphatic heterocycles. The van der Waals surface area contributed by atoms with Crippen LogP contribution in [0, 0.1) is 0 Å². The van der Waals surface area contributed by atoms with E-state index in [4.69, 9.17) is 14.6 Å². The first-order chi connectivity index (χ1) is 9.76. The second-order valence-electron chi connectivity index (χ2n) is 5.90. The predicted molar refractivity (Wildman–Crippen MR) is 77.1 cm³/mol. The molecular weight excluding hydrogens is 274 g/mol. The lowest BCUT2D eigenvalue weighted by Gasteiger charge is -2.23. The Morgan fingerprint density at radius 1 is 1.33 bits per heavy atom. The Hall–Kier alpha value is -2.24. The molecule has 0 unspecified atom stereocenters. The summed E-state index contributed by atoms with van der Waals surface area (Å²) in [7, 11) is 0. The van der Waals surface area contributed by atoms with Crippen LogP contribution in [0.1, 0.15) is 43.1 Å². The lowest BCUT2D eigenvalue weighted by Crippen LogP contribution is -2.27. The number of carboxylic acid groups (broad SMARTS) is 1. The number of ether oxygens (including phenoxy) is 2. The normalized spacial score (nSPS) is 13.9. The van der Waals surface area contributed by atoms with Gasteiger partial charge in [0.2, 0.25) is 0 Å². The number of hydrogen-bond acceptors (Lipinski definition) is 4. The molecule has 0 aromatic heterocycles. The number of anilines is 1. The van der Waals surface area contributed by atoms with Crippen LogP contribution >= 0.6 is 0 Å². The third-order valence-corrected chi connectivity index (χ3v) is 2.89. The van der Waals surface area contributed by atoms with Crippen LogP contribution in [0.25, 0.3) is 0 Å². The first kappa shape index (κ1) is 15.2. The molecule has 2 rings (SSSR count). The first-order valence-corrected chi connectivity index (χ1v) is 6.79. The van der Waals surface area contributed by atoms with Gasteiger partial charge in [-0.15, -0.1) is 0 Å². The highest BCUT2D eigenvalue weighted by molar-refractivity contribution is 5.94. The summed E-state index contributed by atoms with van der Waals surface area (Å²) in [5.74, 6) is -0.521. The summed E-state index contributed by atoms with van der Waals surface area (Å²) < 4.78 is 10.7. The number of amides is 1. The molecule has 1 amide bonds. The van der Waals surface area contributed by atoms with Gasteiger partial charge in [-0.3, -0.25) is 5.32 Å². The Kier molecular flexibility index (Phi) is 4.06. The summed E-state index contributed by atoms with van der Waals surface area (Å²) in [6, 6.07) is 2.97. The van der Waals surface area contributed by atoms with Gasteiger partial charge in [0.25, 0.3) is 0 Å². The number of benzene rings is 1. The van der Waals surface area contributed by atoms with Crippen LogP contribution in [0.5, 0.6) is 5.75 Å². The SMILES string of the molecule is CC(C)(C)OC(=O)Nc1cc(C(=O)O)cc2c1OCCC2. The van der Waals surface area contributed by atoms with E-state index in [1.54, 1.807) is 26.8 Å². The van der Waals surface area contributed by atoms with Gasteiger partial charge >= 0.3 is 12.1 Å². The van der Waals surface area contributed by atoms with Crippen molar-refractivity contribution in [1.29, 1.82) is 0 Å². The van der Waals surface area contributed by atoms with Gasteiger partial charge in [-0.25, -0.2) is 9.59 Å². The molecule has 2 N–H and O–H groups in total. The molecule has 0 atom stereocenters. The van der Waals surface area contributed by atoms with Crippen LogP contribution in [0.3, 0.4) is 0 Å². The molecule has 0 spiro atoms. The standard InChI is InChI=1S/C15H19NO5/c1-15(2,3)21-14(19)16-11-8-10(13(17)18)7-9-5-4-6-20-12(9)11/h7-8H,4-6H2,1-3H3,(H,16,19)(H,17,18). The Morgan fingerprint density at radius 2 is 2.05 bits per heavy atom. The van der Waals surface area contributed by atoms with Crippen LogP contribution < -0.4 is 10.1 Å². The van der Waals surface area contributed by atoms with E-state index in [1.165, 1.54) is 6.07 Å². The van der Waals surface area contributed by atoms with E-state index in [1.807, 2.05) is 0 Å². The summed E-state index contributed by atoms with van der Waals surface area (Å²) in [6.45, 7) is 5.81. The van der Waals surface area contributed by atoms with Gasteiger partial charge in [0.05, 0.1) is 17.9 Å². The summed E-state index contributed by atoms with van der Waals surface area (Å²) in [5.41, 5.74) is 0.603. The van der Waals surface area contributed by atoms with Gasteiger partial charge in [0.1, 0.15) is 11.4 Å². The third kappa shape index (κ3) is 3.87. The second kappa shape index (κ2) is 5.63. The summed E-state index contributed by atoms with van der Waals surface area (Å²) in [6.07, 6.45) is 0.905. The van der Waals surface area contributed by atoms with E-state index in [0.29, 0.717) is 18.0 Å². The number of aromatic carboxylic acids is 1. The van der Waals surface area contributed by atoms with Crippen LogP contribution in [-0.4, -0.2) is 29.4 Å². The monoisotopic (exact) mass is 293 g/mol. The molecule has 0 saturated carbocycles. The Morgan fingerprint density at radius 3 is 2.67 bits per heavy atom. The maximum absolute atomic E-state index is 11.9. The number of rotatable bonds is 2. The topological polar surface area (TPSA) is 84.9 Å². The Labute approximate surface area is 123 Å². The quantitative estimate of drug-likeness (QED) is 0.875. The van der Waals surface area contributed by atoms with Crippen molar-refractivity contribution in [2.24, 2.45) is 0 Å². The van der Waals surface area contributed by atoms with E-state index >= 15 is 0 Å². The lowest BCUT2D eigenvalue weighted by molar-refractivity contribution is 0.0632. The van der Waals surface area contributed by atoms with Crippen molar-refractivity contribution in [1.82, 2.24) is 0 Å². The highest BCUT2D eigenvalue weighted by Crippen LogP contribution is 2.34. The third-order valence-electron chi connectivity index (χ3n) is 2.89. The van der Waals surface area contributed by atoms with Crippen molar-refractivity contribution in [2.45, 2.75) is 39.2 Å². The smallest absolute Gasteiger partial charge is 0.412 e. The summed E-state index contributed by atoms with van der Waals surface area (Å²) in [4.78, 5) is 23.0. The fraction of sp³-hybridized carbons (Fsp3) is 0.467. The summed E-state index contributed by atoms with van der Waals surface area (Å²) in [5, 5.41) is 11.7. The molecule has 1 aliphatic rings. The molecule has 1 aromatic rings. The van der Waals surface area contributed by atoms with Gasteiger partial charge in [-0.1, -0.05) is 0 Å². The molecular formula is C15H19NO5. The van der Waals surface area contributed by atoms with Gasteiger partial charge in [-0.2, -0.15) is 0 Å². The molecule has 1 aromatic carbocycles. The van der Waals surface area contributed by atoms with Crippen LogP contribution in [-0.2, 0) is 11.2 Å². The molecule has 0 bridgehead atoms. The summed E-state index contributed by atoms with van der Waals surface area (Å²) >= 11 is 0. The van der Waals surface area contributed by atoms with E-state index in [2.05, 4.69) is 5.32 Å². The number of aryl methyl sites for hydroxylation is 1. The number of fused-ring (bicyclic) bond motifs is 1. The molecule has 6 nitrogen and oxygen atoms in total. The number of carbonyl (C=O) groups is 2. The average Bonchev–Trinajstić information content (AvgIpc) is 2.36. The maximum Gasteiger partial charge on any atom is 0.412 e. The second-order valence-corrected chi connectivity index (χ2v) is 5.90. The predicted octanol–water partition coefficient (Wildman–Crippen LogP) is 3.06. The van der Waals surface area contributed by atoms with E-state index in [9.17, 15) is 9.59 Å². The molecule has 0 saturated heterocycles.